The normalized spacial score (nSPS) is 15.7. The zero-order chi connectivity index (χ0) is 13.5. The smallest absolute Gasteiger partial charge is 0.122 e. The molecule has 0 amide bonds. The molecular weight excluding hydrogens is 260 g/mol. The van der Waals surface area contributed by atoms with E-state index in [9.17, 15) is 0 Å². The van der Waals surface area contributed by atoms with Crippen LogP contribution in [0.1, 0.15) is 24.0 Å². The second-order valence-corrected chi connectivity index (χ2v) is 5.05. The molecule has 102 valence electrons. The standard InChI is InChI=1S/C16H19ClO2/c1-13-11-14(3-2-8-17)4-5-16(13)19-12-15-6-9-18-10-7-15/h4-5,11,15H,6-10,12H2,1H3. The molecule has 0 spiro atoms. The van der Waals surface area contributed by atoms with Gasteiger partial charge in [-0.25, -0.2) is 0 Å². The lowest BCUT2D eigenvalue weighted by atomic mass is 10.0. The van der Waals surface area contributed by atoms with E-state index in [1.807, 2.05) is 25.1 Å². The average Bonchev–Trinajstić information content (AvgIpc) is 2.45. The number of hydrogen-bond acceptors (Lipinski definition) is 2. The summed E-state index contributed by atoms with van der Waals surface area (Å²) in [4.78, 5) is 0. The molecule has 2 rings (SSSR count). The van der Waals surface area contributed by atoms with Crippen LogP contribution in [-0.4, -0.2) is 25.7 Å². The lowest BCUT2D eigenvalue weighted by Crippen LogP contribution is -2.21. The van der Waals surface area contributed by atoms with Gasteiger partial charge in [-0.2, -0.15) is 0 Å². The van der Waals surface area contributed by atoms with Gasteiger partial charge in [0.05, 0.1) is 12.5 Å². The highest BCUT2D eigenvalue weighted by Gasteiger charge is 2.14. The molecule has 1 fully saturated rings. The van der Waals surface area contributed by atoms with Gasteiger partial charge in [-0.3, -0.25) is 0 Å². The zero-order valence-corrected chi connectivity index (χ0v) is 12.0. The molecule has 19 heavy (non-hydrogen) atoms. The maximum atomic E-state index is 5.91. The highest BCUT2D eigenvalue weighted by atomic mass is 35.5. The molecule has 0 unspecified atom stereocenters. The van der Waals surface area contributed by atoms with Crippen molar-refractivity contribution < 1.29 is 9.47 Å². The molecule has 0 aliphatic carbocycles. The average molecular weight is 279 g/mol. The van der Waals surface area contributed by atoms with E-state index in [1.165, 1.54) is 0 Å². The van der Waals surface area contributed by atoms with E-state index in [2.05, 4.69) is 11.8 Å². The van der Waals surface area contributed by atoms with Crippen molar-refractivity contribution in [2.24, 2.45) is 5.92 Å². The predicted octanol–water partition coefficient (Wildman–Crippen LogP) is 3.39. The Morgan fingerprint density at radius 1 is 1.37 bits per heavy atom. The maximum absolute atomic E-state index is 5.91. The summed E-state index contributed by atoms with van der Waals surface area (Å²) in [7, 11) is 0. The summed E-state index contributed by atoms with van der Waals surface area (Å²) < 4.78 is 11.3. The van der Waals surface area contributed by atoms with Crippen molar-refractivity contribution in [2.75, 3.05) is 25.7 Å². The van der Waals surface area contributed by atoms with Gasteiger partial charge in [-0.15, -0.1) is 11.6 Å². The van der Waals surface area contributed by atoms with Gasteiger partial charge >= 0.3 is 0 Å². The van der Waals surface area contributed by atoms with Crippen LogP contribution >= 0.6 is 11.6 Å². The van der Waals surface area contributed by atoms with Crippen molar-refractivity contribution in [1.29, 1.82) is 0 Å². The van der Waals surface area contributed by atoms with E-state index in [0.717, 1.165) is 49.5 Å². The highest BCUT2D eigenvalue weighted by molar-refractivity contribution is 6.19. The van der Waals surface area contributed by atoms with Gasteiger partial charge in [0.1, 0.15) is 5.75 Å². The molecule has 3 heteroatoms. The Labute approximate surface area is 120 Å². The third-order valence-corrected chi connectivity index (χ3v) is 3.42. The number of ether oxygens (including phenoxy) is 2. The second kappa shape index (κ2) is 7.43. The first-order valence-corrected chi connectivity index (χ1v) is 7.19. The second-order valence-electron chi connectivity index (χ2n) is 4.78. The third kappa shape index (κ3) is 4.45. The summed E-state index contributed by atoms with van der Waals surface area (Å²) in [5, 5.41) is 0. The van der Waals surface area contributed by atoms with E-state index < -0.39 is 0 Å². The molecule has 2 nitrogen and oxygen atoms in total. The number of alkyl halides is 1. The van der Waals surface area contributed by atoms with Crippen molar-refractivity contribution in [1.82, 2.24) is 0 Å². The minimum atomic E-state index is 0.362. The molecule has 1 aliphatic rings. The van der Waals surface area contributed by atoms with Crippen LogP contribution in [0.2, 0.25) is 0 Å². The van der Waals surface area contributed by atoms with Crippen LogP contribution in [0, 0.1) is 24.7 Å². The van der Waals surface area contributed by atoms with E-state index >= 15 is 0 Å². The molecule has 0 N–H and O–H groups in total. The Morgan fingerprint density at radius 3 is 2.84 bits per heavy atom. The predicted molar refractivity (Wildman–Crippen MR) is 77.8 cm³/mol. The first kappa shape index (κ1) is 14.2. The van der Waals surface area contributed by atoms with Gasteiger partial charge in [0.25, 0.3) is 0 Å². The van der Waals surface area contributed by atoms with Crippen LogP contribution < -0.4 is 4.74 Å². The fourth-order valence-corrected chi connectivity index (χ4v) is 2.21. The quantitative estimate of drug-likeness (QED) is 0.623. The minimum absolute atomic E-state index is 0.362. The van der Waals surface area contributed by atoms with Crippen LogP contribution in [0.4, 0.5) is 0 Å². The monoisotopic (exact) mass is 278 g/mol. The van der Waals surface area contributed by atoms with Crippen LogP contribution in [0.25, 0.3) is 0 Å². The fraction of sp³-hybridized carbons (Fsp3) is 0.500. The van der Waals surface area contributed by atoms with Gasteiger partial charge < -0.3 is 9.47 Å². The van der Waals surface area contributed by atoms with E-state index in [4.69, 9.17) is 21.1 Å². The van der Waals surface area contributed by atoms with Crippen molar-refractivity contribution in [3.63, 3.8) is 0 Å². The van der Waals surface area contributed by atoms with Crippen LogP contribution in [-0.2, 0) is 4.74 Å². The molecule has 1 saturated heterocycles. The molecular formula is C16H19ClO2. The topological polar surface area (TPSA) is 18.5 Å². The number of hydrogen-bond donors (Lipinski definition) is 0. The Kier molecular flexibility index (Phi) is 5.57. The zero-order valence-electron chi connectivity index (χ0n) is 11.2. The van der Waals surface area contributed by atoms with E-state index in [0.29, 0.717) is 11.8 Å². The van der Waals surface area contributed by atoms with Crippen LogP contribution in [0.3, 0.4) is 0 Å². The summed E-state index contributed by atoms with van der Waals surface area (Å²) >= 11 is 5.55. The van der Waals surface area contributed by atoms with Crippen molar-refractivity contribution in [2.45, 2.75) is 19.8 Å². The number of halogens is 1. The molecule has 0 bridgehead atoms. The van der Waals surface area contributed by atoms with Crippen molar-refractivity contribution >= 4 is 11.6 Å². The largest absolute Gasteiger partial charge is 0.493 e. The molecule has 0 atom stereocenters. The first-order chi connectivity index (χ1) is 9.29. The maximum Gasteiger partial charge on any atom is 0.122 e. The summed E-state index contributed by atoms with van der Waals surface area (Å²) in [6, 6.07) is 6.01. The summed E-state index contributed by atoms with van der Waals surface area (Å²) in [6.45, 7) is 4.54. The van der Waals surface area contributed by atoms with Gasteiger partial charge in [0, 0.05) is 18.8 Å². The molecule has 1 aliphatic heterocycles. The Bertz CT molecular complexity index is 467. The molecule has 1 aromatic carbocycles. The SMILES string of the molecule is Cc1cc(C#CCCl)ccc1OCC1CCOCC1. The first-order valence-electron chi connectivity index (χ1n) is 6.65. The summed E-state index contributed by atoms with van der Waals surface area (Å²) in [5.41, 5.74) is 2.10. The molecule has 1 aromatic rings. The van der Waals surface area contributed by atoms with Gasteiger partial charge in [0.15, 0.2) is 0 Å². The van der Waals surface area contributed by atoms with Gasteiger partial charge in [0.2, 0.25) is 0 Å². The van der Waals surface area contributed by atoms with Crippen molar-refractivity contribution in [3.05, 3.63) is 29.3 Å². The number of rotatable bonds is 3. The number of benzene rings is 1. The molecule has 0 aromatic heterocycles. The number of aryl methyl sites for hydroxylation is 1. The summed E-state index contributed by atoms with van der Waals surface area (Å²) in [6.07, 6.45) is 2.19. The van der Waals surface area contributed by atoms with Gasteiger partial charge in [-0.05, 0) is 49.4 Å². The van der Waals surface area contributed by atoms with E-state index in [-0.39, 0.29) is 0 Å². The Morgan fingerprint density at radius 2 is 2.16 bits per heavy atom. The molecule has 1 heterocycles. The fourth-order valence-electron chi connectivity index (χ4n) is 2.15. The van der Waals surface area contributed by atoms with Gasteiger partial charge in [-0.1, -0.05) is 11.8 Å². The van der Waals surface area contributed by atoms with Crippen molar-refractivity contribution in [3.8, 4) is 17.6 Å². The lowest BCUT2D eigenvalue weighted by molar-refractivity contribution is 0.0496. The molecule has 0 saturated carbocycles. The Balaban J connectivity index is 1.93. The van der Waals surface area contributed by atoms with Crippen LogP contribution in [0.5, 0.6) is 5.75 Å². The van der Waals surface area contributed by atoms with E-state index in [1.54, 1.807) is 0 Å². The minimum Gasteiger partial charge on any atom is -0.493 e. The van der Waals surface area contributed by atoms with Crippen LogP contribution in [0.15, 0.2) is 18.2 Å². The lowest BCUT2D eigenvalue weighted by Gasteiger charge is -2.22. The highest BCUT2D eigenvalue weighted by Crippen LogP contribution is 2.22. The molecule has 0 radical (unpaired) electrons. The summed E-state index contributed by atoms with van der Waals surface area (Å²) in [5.74, 6) is 7.79. The third-order valence-electron chi connectivity index (χ3n) is 3.29. The Hall–Kier alpha value is -1.17.